The largest absolute Gasteiger partial charge is 0.493 e. The van der Waals surface area contributed by atoms with Gasteiger partial charge in [0, 0.05) is 24.2 Å². The van der Waals surface area contributed by atoms with E-state index < -0.39 is 0 Å². The van der Waals surface area contributed by atoms with Crippen LogP contribution in [-0.4, -0.2) is 25.3 Å². The first kappa shape index (κ1) is 12.8. The van der Waals surface area contributed by atoms with Gasteiger partial charge in [-0.2, -0.15) is 0 Å². The number of rotatable bonds is 5. The number of methoxy groups -OCH3 is 2. The molecule has 18 heavy (non-hydrogen) atoms. The summed E-state index contributed by atoms with van der Waals surface area (Å²) in [5.74, 6) is 1.53. The molecule has 0 atom stereocenters. The molecule has 0 aliphatic carbocycles. The zero-order valence-electron chi connectivity index (χ0n) is 11.2. The molecule has 98 valence electrons. The minimum Gasteiger partial charge on any atom is -0.493 e. The molecule has 0 aliphatic heterocycles. The van der Waals surface area contributed by atoms with E-state index in [2.05, 4.69) is 17.7 Å². The van der Waals surface area contributed by atoms with E-state index in [1.165, 1.54) is 16.5 Å². The standard InChI is InChI=1S/C14H20N2O2/c1-10-9-16(6-4-5-15)12-8-14(18-3)13(17-2)7-11(10)12/h7-9H,4-6,15H2,1-3H3. The first-order valence-corrected chi connectivity index (χ1v) is 6.12. The highest BCUT2D eigenvalue weighted by Crippen LogP contribution is 2.34. The van der Waals surface area contributed by atoms with Crippen LogP contribution < -0.4 is 15.2 Å². The minimum absolute atomic E-state index is 0.700. The first-order valence-electron chi connectivity index (χ1n) is 6.12. The van der Waals surface area contributed by atoms with Crippen LogP contribution in [0.1, 0.15) is 12.0 Å². The molecule has 1 aromatic carbocycles. The summed E-state index contributed by atoms with van der Waals surface area (Å²) in [5, 5.41) is 1.20. The highest BCUT2D eigenvalue weighted by atomic mass is 16.5. The van der Waals surface area contributed by atoms with Crippen LogP contribution in [0.3, 0.4) is 0 Å². The zero-order valence-corrected chi connectivity index (χ0v) is 11.2. The molecule has 2 aromatic rings. The van der Waals surface area contributed by atoms with E-state index in [0.717, 1.165) is 24.5 Å². The van der Waals surface area contributed by atoms with E-state index in [4.69, 9.17) is 15.2 Å². The topological polar surface area (TPSA) is 49.4 Å². The summed E-state index contributed by atoms with van der Waals surface area (Å²) in [6, 6.07) is 4.06. The van der Waals surface area contributed by atoms with Gasteiger partial charge < -0.3 is 19.8 Å². The van der Waals surface area contributed by atoms with Gasteiger partial charge in [0.05, 0.1) is 19.7 Å². The van der Waals surface area contributed by atoms with Crippen LogP contribution in [0.4, 0.5) is 0 Å². The SMILES string of the molecule is COc1cc2c(C)cn(CCCN)c2cc1OC. The van der Waals surface area contributed by atoms with Gasteiger partial charge in [0.1, 0.15) is 0 Å². The van der Waals surface area contributed by atoms with E-state index in [1.54, 1.807) is 14.2 Å². The highest BCUT2D eigenvalue weighted by molar-refractivity contribution is 5.87. The van der Waals surface area contributed by atoms with E-state index in [9.17, 15) is 0 Å². The lowest BCUT2D eigenvalue weighted by molar-refractivity contribution is 0.355. The number of nitrogens with two attached hydrogens (primary N) is 1. The van der Waals surface area contributed by atoms with Gasteiger partial charge in [-0.05, 0) is 31.5 Å². The maximum absolute atomic E-state index is 5.57. The summed E-state index contributed by atoms with van der Waals surface area (Å²) in [6.07, 6.45) is 3.12. The predicted molar refractivity (Wildman–Crippen MR) is 73.5 cm³/mol. The Kier molecular flexibility index (Phi) is 3.77. The first-order chi connectivity index (χ1) is 8.71. The van der Waals surface area contributed by atoms with Crippen LogP contribution in [0.15, 0.2) is 18.3 Å². The average Bonchev–Trinajstić information content (AvgIpc) is 2.71. The fourth-order valence-corrected chi connectivity index (χ4v) is 2.24. The lowest BCUT2D eigenvalue weighted by atomic mass is 10.2. The Morgan fingerprint density at radius 3 is 2.44 bits per heavy atom. The number of hydrogen-bond acceptors (Lipinski definition) is 3. The summed E-state index contributed by atoms with van der Waals surface area (Å²) in [4.78, 5) is 0. The second-order valence-electron chi connectivity index (χ2n) is 4.37. The molecule has 4 nitrogen and oxygen atoms in total. The Balaban J connectivity index is 2.55. The number of nitrogens with zero attached hydrogens (tertiary/aromatic N) is 1. The summed E-state index contributed by atoms with van der Waals surface area (Å²) >= 11 is 0. The molecule has 0 amide bonds. The van der Waals surface area contributed by atoms with Gasteiger partial charge in [-0.25, -0.2) is 0 Å². The molecular formula is C14H20N2O2. The molecule has 0 bridgehead atoms. The van der Waals surface area contributed by atoms with Crippen LogP contribution in [-0.2, 0) is 6.54 Å². The molecule has 1 heterocycles. The van der Waals surface area contributed by atoms with Crippen molar-refractivity contribution in [3.05, 3.63) is 23.9 Å². The third-order valence-corrected chi connectivity index (χ3v) is 3.19. The molecule has 1 aromatic heterocycles. The van der Waals surface area contributed by atoms with Crippen molar-refractivity contribution in [2.45, 2.75) is 19.9 Å². The summed E-state index contributed by atoms with van der Waals surface area (Å²) in [6.45, 7) is 3.73. The maximum Gasteiger partial charge on any atom is 0.162 e. The van der Waals surface area contributed by atoms with Crippen molar-refractivity contribution in [1.29, 1.82) is 0 Å². The van der Waals surface area contributed by atoms with Crippen LogP contribution >= 0.6 is 0 Å². The molecule has 4 heteroatoms. The van der Waals surface area contributed by atoms with Crippen LogP contribution in [0.25, 0.3) is 10.9 Å². The van der Waals surface area contributed by atoms with Crippen molar-refractivity contribution in [3.63, 3.8) is 0 Å². The van der Waals surface area contributed by atoms with Gasteiger partial charge in [-0.3, -0.25) is 0 Å². The number of ether oxygens (including phenoxy) is 2. The zero-order chi connectivity index (χ0) is 13.1. The van der Waals surface area contributed by atoms with Crippen LogP contribution in [0, 0.1) is 6.92 Å². The maximum atomic E-state index is 5.57. The van der Waals surface area contributed by atoms with Crippen molar-refractivity contribution < 1.29 is 9.47 Å². The molecule has 0 unspecified atom stereocenters. The number of aromatic nitrogens is 1. The normalized spacial score (nSPS) is 10.9. The number of benzene rings is 1. The number of hydrogen-bond donors (Lipinski definition) is 1. The minimum atomic E-state index is 0.700. The summed E-state index contributed by atoms with van der Waals surface area (Å²) in [5.41, 5.74) is 7.98. The van der Waals surface area contributed by atoms with Gasteiger partial charge in [-0.15, -0.1) is 0 Å². The van der Waals surface area contributed by atoms with Crippen molar-refractivity contribution in [3.8, 4) is 11.5 Å². The lowest BCUT2D eigenvalue weighted by Gasteiger charge is -2.09. The molecule has 0 spiro atoms. The Morgan fingerprint density at radius 2 is 1.83 bits per heavy atom. The highest BCUT2D eigenvalue weighted by Gasteiger charge is 2.11. The van der Waals surface area contributed by atoms with E-state index in [1.807, 2.05) is 12.1 Å². The molecule has 0 aliphatic rings. The average molecular weight is 248 g/mol. The Hall–Kier alpha value is -1.68. The van der Waals surface area contributed by atoms with Crippen molar-refractivity contribution in [1.82, 2.24) is 4.57 Å². The lowest BCUT2D eigenvalue weighted by Crippen LogP contribution is -2.04. The molecule has 0 radical (unpaired) electrons. The van der Waals surface area contributed by atoms with E-state index in [-0.39, 0.29) is 0 Å². The Morgan fingerprint density at radius 1 is 1.17 bits per heavy atom. The smallest absolute Gasteiger partial charge is 0.162 e. The molecule has 0 fully saturated rings. The fraction of sp³-hybridized carbons (Fsp3) is 0.429. The van der Waals surface area contributed by atoms with Gasteiger partial charge >= 0.3 is 0 Å². The van der Waals surface area contributed by atoms with Gasteiger partial charge in [-0.1, -0.05) is 0 Å². The number of fused-ring (bicyclic) bond motifs is 1. The molecule has 0 saturated heterocycles. The monoisotopic (exact) mass is 248 g/mol. The third kappa shape index (κ3) is 2.16. The summed E-state index contributed by atoms with van der Waals surface area (Å²) < 4.78 is 12.9. The second-order valence-corrected chi connectivity index (χ2v) is 4.37. The Bertz CT molecular complexity index is 546. The molecular weight excluding hydrogens is 228 g/mol. The Labute approximate surface area is 107 Å². The van der Waals surface area contributed by atoms with Crippen LogP contribution in [0.2, 0.25) is 0 Å². The van der Waals surface area contributed by atoms with Crippen molar-refractivity contribution >= 4 is 10.9 Å². The molecule has 0 saturated carbocycles. The fourth-order valence-electron chi connectivity index (χ4n) is 2.24. The van der Waals surface area contributed by atoms with E-state index >= 15 is 0 Å². The van der Waals surface area contributed by atoms with Gasteiger partial charge in [0.2, 0.25) is 0 Å². The van der Waals surface area contributed by atoms with Gasteiger partial charge in [0.25, 0.3) is 0 Å². The quantitative estimate of drug-likeness (QED) is 0.883. The van der Waals surface area contributed by atoms with Crippen molar-refractivity contribution in [2.75, 3.05) is 20.8 Å². The van der Waals surface area contributed by atoms with Gasteiger partial charge in [0.15, 0.2) is 11.5 Å². The predicted octanol–water partition coefficient (Wildman–Crippen LogP) is 2.32. The summed E-state index contributed by atoms with van der Waals surface area (Å²) in [7, 11) is 3.31. The third-order valence-electron chi connectivity index (χ3n) is 3.19. The van der Waals surface area contributed by atoms with Crippen molar-refractivity contribution in [2.24, 2.45) is 5.73 Å². The molecule has 2 rings (SSSR count). The molecule has 2 N–H and O–H groups in total. The van der Waals surface area contributed by atoms with E-state index in [0.29, 0.717) is 6.54 Å². The second kappa shape index (κ2) is 5.31. The van der Waals surface area contributed by atoms with Crippen LogP contribution in [0.5, 0.6) is 11.5 Å². The number of aryl methyl sites for hydroxylation is 2.